The number of rotatable bonds is 5. The first-order valence-corrected chi connectivity index (χ1v) is 4.19. The van der Waals surface area contributed by atoms with E-state index < -0.39 is 17.2 Å². The van der Waals surface area contributed by atoms with E-state index >= 15 is 0 Å². The number of carbonyl (C=O) groups is 1. The van der Waals surface area contributed by atoms with Crippen molar-refractivity contribution in [2.75, 3.05) is 0 Å². The van der Waals surface area contributed by atoms with Crippen LogP contribution in [0.2, 0.25) is 0 Å². The second-order valence-corrected chi connectivity index (χ2v) is 3.16. The van der Waals surface area contributed by atoms with Crippen molar-refractivity contribution in [2.24, 2.45) is 5.92 Å². The molecular weight excluding hydrogens is 182 g/mol. The lowest BCUT2D eigenvalue weighted by Gasteiger charge is -2.09. The van der Waals surface area contributed by atoms with Crippen LogP contribution in [0.4, 0.5) is 0 Å². The van der Waals surface area contributed by atoms with Crippen LogP contribution in [0.3, 0.4) is 0 Å². The lowest BCUT2D eigenvalue weighted by molar-refractivity contribution is -0.524. The van der Waals surface area contributed by atoms with Gasteiger partial charge in [-0.3, -0.25) is 14.9 Å². The van der Waals surface area contributed by atoms with Gasteiger partial charge in [0.15, 0.2) is 0 Å². The largest absolute Gasteiger partial charge is 0.281 e. The Morgan fingerprint density at radius 3 is 2.42 bits per heavy atom. The van der Waals surface area contributed by atoms with Gasteiger partial charge in [-0.2, -0.15) is 0 Å². The second-order valence-electron chi connectivity index (χ2n) is 2.79. The highest BCUT2D eigenvalue weighted by Gasteiger charge is 2.23. The van der Waals surface area contributed by atoms with Crippen molar-refractivity contribution in [1.82, 2.24) is 0 Å². The zero-order valence-corrected chi connectivity index (χ0v) is 7.87. The molecule has 0 amide bonds. The summed E-state index contributed by atoms with van der Waals surface area (Å²) in [5, 5.41) is 9.84. The highest BCUT2D eigenvalue weighted by atomic mass is 35.5. The number of hydrogen-bond acceptors (Lipinski definition) is 3. The van der Waals surface area contributed by atoms with Crippen LogP contribution in [-0.2, 0) is 4.79 Å². The SMILES string of the molecule is CCC(CC(C)C(=O)Cl)[N+](=O)[O-]. The lowest BCUT2D eigenvalue weighted by atomic mass is 10.0. The van der Waals surface area contributed by atoms with Gasteiger partial charge in [0, 0.05) is 23.7 Å². The summed E-state index contributed by atoms with van der Waals surface area (Å²) in [5.41, 5.74) is 0. The maximum atomic E-state index is 10.6. The molecule has 12 heavy (non-hydrogen) atoms. The van der Waals surface area contributed by atoms with Crippen LogP contribution in [0.15, 0.2) is 0 Å². The molecular formula is C7H12ClNO3. The number of nitrogens with zero attached hydrogens (tertiary/aromatic N) is 1. The van der Waals surface area contributed by atoms with E-state index in [1.54, 1.807) is 13.8 Å². The molecule has 0 aromatic heterocycles. The molecule has 0 saturated heterocycles. The Labute approximate surface area is 76.0 Å². The molecule has 0 heterocycles. The van der Waals surface area contributed by atoms with Crippen LogP contribution in [0.25, 0.3) is 0 Å². The molecule has 0 aromatic rings. The van der Waals surface area contributed by atoms with Crippen LogP contribution in [-0.4, -0.2) is 16.2 Å². The maximum absolute atomic E-state index is 10.6. The van der Waals surface area contributed by atoms with Crippen molar-refractivity contribution < 1.29 is 9.72 Å². The van der Waals surface area contributed by atoms with Crippen LogP contribution in [0.5, 0.6) is 0 Å². The Bertz CT molecular complexity index is 183. The summed E-state index contributed by atoms with van der Waals surface area (Å²) >= 11 is 5.17. The van der Waals surface area contributed by atoms with Gasteiger partial charge in [-0.1, -0.05) is 13.8 Å². The van der Waals surface area contributed by atoms with E-state index in [-0.39, 0.29) is 11.3 Å². The number of hydrogen-bond donors (Lipinski definition) is 0. The first-order chi connectivity index (χ1) is 5.49. The molecule has 2 atom stereocenters. The highest BCUT2D eigenvalue weighted by molar-refractivity contribution is 6.63. The van der Waals surface area contributed by atoms with Gasteiger partial charge in [0.1, 0.15) is 0 Å². The topological polar surface area (TPSA) is 60.2 Å². The Morgan fingerprint density at radius 2 is 2.17 bits per heavy atom. The smallest absolute Gasteiger partial charge is 0.224 e. The lowest BCUT2D eigenvalue weighted by Crippen LogP contribution is -2.23. The molecule has 0 rings (SSSR count). The van der Waals surface area contributed by atoms with Crippen LogP contribution in [0.1, 0.15) is 26.7 Å². The molecule has 0 spiro atoms. The molecule has 0 bridgehead atoms. The normalized spacial score (nSPS) is 15.2. The van der Waals surface area contributed by atoms with Gasteiger partial charge in [-0.25, -0.2) is 0 Å². The summed E-state index contributed by atoms with van der Waals surface area (Å²) in [5.74, 6) is -0.429. The predicted molar refractivity (Wildman–Crippen MR) is 45.7 cm³/mol. The van der Waals surface area contributed by atoms with E-state index in [0.29, 0.717) is 6.42 Å². The molecule has 0 aliphatic carbocycles. The minimum atomic E-state index is -0.650. The standard InChI is InChI=1S/C7H12ClNO3/c1-3-6(9(11)12)4-5(2)7(8)10/h5-6H,3-4H2,1-2H3. The first kappa shape index (κ1) is 11.4. The van der Waals surface area contributed by atoms with E-state index in [2.05, 4.69) is 0 Å². The molecule has 0 saturated carbocycles. The fourth-order valence-electron chi connectivity index (χ4n) is 0.903. The molecule has 0 aliphatic rings. The van der Waals surface area contributed by atoms with Crippen molar-refractivity contribution in [3.8, 4) is 0 Å². The molecule has 0 aliphatic heterocycles. The summed E-state index contributed by atoms with van der Waals surface area (Å²) < 4.78 is 0. The van der Waals surface area contributed by atoms with Crippen molar-refractivity contribution in [3.63, 3.8) is 0 Å². The van der Waals surface area contributed by atoms with Crippen molar-refractivity contribution in [2.45, 2.75) is 32.7 Å². The zero-order chi connectivity index (χ0) is 9.72. The van der Waals surface area contributed by atoms with Gasteiger partial charge in [-0.15, -0.1) is 0 Å². The number of halogens is 1. The minimum absolute atomic E-state index is 0.228. The van der Waals surface area contributed by atoms with E-state index in [0.717, 1.165) is 0 Å². The van der Waals surface area contributed by atoms with Gasteiger partial charge in [-0.05, 0) is 11.6 Å². The highest BCUT2D eigenvalue weighted by Crippen LogP contribution is 2.13. The van der Waals surface area contributed by atoms with Crippen molar-refractivity contribution in [3.05, 3.63) is 10.1 Å². The number of carbonyl (C=O) groups excluding carboxylic acids is 1. The fraction of sp³-hybridized carbons (Fsp3) is 0.857. The second kappa shape index (κ2) is 5.09. The first-order valence-electron chi connectivity index (χ1n) is 3.81. The average Bonchev–Trinajstić information content (AvgIpc) is 1.98. The third kappa shape index (κ3) is 3.67. The predicted octanol–water partition coefficient (Wildman–Crippen LogP) is 1.83. The quantitative estimate of drug-likeness (QED) is 0.380. The minimum Gasteiger partial charge on any atom is -0.281 e. The van der Waals surface area contributed by atoms with Crippen molar-refractivity contribution in [1.29, 1.82) is 0 Å². The molecule has 2 unspecified atom stereocenters. The number of nitro groups is 1. The van der Waals surface area contributed by atoms with Crippen LogP contribution >= 0.6 is 11.6 Å². The van der Waals surface area contributed by atoms with Gasteiger partial charge in [0.2, 0.25) is 11.3 Å². The monoisotopic (exact) mass is 193 g/mol. The van der Waals surface area contributed by atoms with E-state index in [4.69, 9.17) is 11.6 Å². The Morgan fingerprint density at radius 1 is 1.67 bits per heavy atom. The molecule has 5 heteroatoms. The summed E-state index contributed by atoms with van der Waals surface area (Å²) in [4.78, 5) is 20.5. The molecule has 0 fully saturated rings. The van der Waals surface area contributed by atoms with Gasteiger partial charge in [0.05, 0.1) is 0 Å². The summed E-state index contributed by atoms with van der Waals surface area (Å²) in [6.45, 7) is 3.32. The maximum Gasteiger partial charge on any atom is 0.224 e. The van der Waals surface area contributed by atoms with Gasteiger partial charge >= 0.3 is 0 Å². The summed E-state index contributed by atoms with van der Waals surface area (Å²) in [6, 6.07) is -0.650. The third-order valence-electron chi connectivity index (χ3n) is 1.78. The average molecular weight is 194 g/mol. The van der Waals surface area contributed by atoms with E-state index in [1.807, 2.05) is 0 Å². The fourth-order valence-corrected chi connectivity index (χ4v) is 0.992. The molecule has 0 N–H and O–H groups in total. The summed E-state index contributed by atoms with van der Waals surface area (Å²) in [7, 11) is 0. The Hall–Kier alpha value is -0.640. The van der Waals surface area contributed by atoms with Crippen molar-refractivity contribution >= 4 is 16.8 Å². The van der Waals surface area contributed by atoms with Gasteiger partial charge in [0.25, 0.3) is 0 Å². The Kier molecular flexibility index (Phi) is 4.81. The molecule has 0 radical (unpaired) electrons. The van der Waals surface area contributed by atoms with E-state index in [9.17, 15) is 14.9 Å². The molecule has 0 aromatic carbocycles. The molecule has 4 nitrogen and oxygen atoms in total. The van der Waals surface area contributed by atoms with Crippen LogP contribution < -0.4 is 0 Å². The van der Waals surface area contributed by atoms with E-state index in [1.165, 1.54) is 0 Å². The van der Waals surface area contributed by atoms with Crippen LogP contribution in [0, 0.1) is 16.0 Å². The third-order valence-corrected chi connectivity index (χ3v) is 2.15. The van der Waals surface area contributed by atoms with Gasteiger partial charge < -0.3 is 0 Å². The zero-order valence-electron chi connectivity index (χ0n) is 7.12. The molecule has 70 valence electrons. The Balaban J connectivity index is 4.02. The summed E-state index contributed by atoms with van der Waals surface area (Å²) in [6.07, 6.45) is 0.660.